The fraction of sp³-hybridized carbons (Fsp3) is 0.533. The average molecular weight is 324 g/mol. The molecular formula is C15H22BrN3. The van der Waals surface area contributed by atoms with Crippen LogP contribution in [0.3, 0.4) is 0 Å². The molecule has 0 atom stereocenters. The molecule has 19 heavy (non-hydrogen) atoms. The summed E-state index contributed by atoms with van der Waals surface area (Å²) >= 11 is 3.48. The van der Waals surface area contributed by atoms with Crippen LogP contribution in [0, 0.1) is 0 Å². The summed E-state index contributed by atoms with van der Waals surface area (Å²) in [6.45, 7) is 5.27. The molecule has 1 aromatic carbocycles. The van der Waals surface area contributed by atoms with Crippen molar-refractivity contribution in [3.05, 3.63) is 28.7 Å². The summed E-state index contributed by atoms with van der Waals surface area (Å²) in [5.41, 5.74) is 7.36. The molecule has 2 rings (SSSR count). The highest BCUT2D eigenvalue weighted by atomic mass is 79.9. The van der Waals surface area contributed by atoms with Gasteiger partial charge in [0, 0.05) is 10.2 Å². The first-order valence-corrected chi connectivity index (χ1v) is 7.78. The molecule has 0 fully saturated rings. The smallest absolute Gasteiger partial charge is 0.196 e. The van der Waals surface area contributed by atoms with Crippen LogP contribution < -0.4 is 10.6 Å². The van der Waals surface area contributed by atoms with Crippen molar-refractivity contribution < 1.29 is 0 Å². The molecule has 0 amide bonds. The monoisotopic (exact) mass is 323 g/mol. The Bertz CT molecular complexity index is 447. The summed E-state index contributed by atoms with van der Waals surface area (Å²) in [6, 6.07) is 8.34. The van der Waals surface area contributed by atoms with Crippen LogP contribution in [0.25, 0.3) is 0 Å². The van der Waals surface area contributed by atoms with Crippen molar-refractivity contribution in [3.63, 3.8) is 0 Å². The largest absolute Gasteiger partial charge is 0.369 e. The van der Waals surface area contributed by atoms with Crippen LogP contribution in [0.1, 0.15) is 39.5 Å². The predicted molar refractivity (Wildman–Crippen MR) is 85.7 cm³/mol. The van der Waals surface area contributed by atoms with E-state index in [1.165, 1.54) is 0 Å². The predicted octanol–water partition coefficient (Wildman–Crippen LogP) is 3.92. The topological polar surface area (TPSA) is 41.6 Å². The van der Waals surface area contributed by atoms with Gasteiger partial charge in [0.15, 0.2) is 5.96 Å². The van der Waals surface area contributed by atoms with Crippen molar-refractivity contribution >= 4 is 27.6 Å². The Labute approximate surface area is 124 Å². The number of benzene rings is 1. The molecule has 0 spiro atoms. The molecule has 1 heterocycles. The van der Waals surface area contributed by atoms with Crippen molar-refractivity contribution in [1.29, 1.82) is 0 Å². The van der Waals surface area contributed by atoms with Crippen LogP contribution >= 0.6 is 15.9 Å². The van der Waals surface area contributed by atoms with E-state index in [4.69, 9.17) is 5.73 Å². The summed E-state index contributed by atoms with van der Waals surface area (Å²) in [7, 11) is 0. The Morgan fingerprint density at radius 2 is 1.79 bits per heavy atom. The Balaban J connectivity index is 2.37. The fourth-order valence-electron chi connectivity index (χ4n) is 3.05. The van der Waals surface area contributed by atoms with E-state index in [1.54, 1.807) is 0 Å². The summed E-state index contributed by atoms with van der Waals surface area (Å²) in [5, 5.41) is 0. The van der Waals surface area contributed by atoms with Gasteiger partial charge in [-0.1, -0.05) is 42.6 Å². The van der Waals surface area contributed by atoms with Gasteiger partial charge < -0.3 is 10.6 Å². The number of anilines is 1. The molecule has 1 aliphatic heterocycles. The molecule has 0 saturated heterocycles. The molecule has 0 bridgehead atoms. The summed E-state index contributed by atoms with van der Waals surface area (Å²) in [6.07, 6.45) is 4.55. The number of nitrogens with two attached hydrogens (primary N) is 1. The zero-order valence-corrected chi connectivity index (χ0v) is 13.3. The number of guanidine groups is 1. The van der Waals surface area contributed by atoms with Gasteiger partial charge in [-0.25, -0.2) is 0 Å². The Kier molecular flexibility index (Phi) is 4.50. The molecular weight excluding hydrogens is 302 g/mol. The van der Waals surface area contributed by atoms with Crippen LogP contribution in [0.5, 0.6) is 0 Å². The number of aliphatic imine (C=N–C) groups is 1. The van der Waals surface area contributed by atoms with E-state index >= 15 is 0 Å². The molecule has 0 radical (unpaired) electrons. The normalized spacial score (nSPS) is 17.6. The van der Waals surface area contributed by atoms with E-state index in [0.29, 0.717) is 5.96 Å². The van der Waals surface area contributed by atoms with Gasteiger partial charge in [-0.15, -0.1) is 0 Å². The third-order valence-corrected chi connectivity index (χ3v) is 4.28. The minimum Gasteiger partial charge on any atom is -0.369 e. The van der Waals surface area contributed by atoms with Crippen LogP contribution in [0.2, 0.25) is 0 Å². The van der Waals surface area contributed by atoms with Crippen LogP contribution in [0.4, 0.5) is 5.69 Å². The standard InChI is InChI=1S/C15H22BrN3/c1-3-9-15(10-4-2)11-18-14(17)19(15)13-7-5-12(16)6-8-13/h5-8H,3-4,9-11H2,1-2H3,(H2,17,18). The minimum atomic E-state index is 0.0708. The van der Waals surface area contributed by atoms with Gasteiger partial charge >= 0.3 is 0 Å². The lowest BCUT2D eigenvalue weighted by atomic mass is 9.87. The van der Waals surface area contributed by atoms with Gasteiger partial charge in [-0.2, -0.15) is 0 Å². The first-order chi connectivity index (χ1) is 9.13. The maximum atomic E-state index is 6.15. The van der Waals surface area contributed by atoms with E-state index in [-0.39, 0.29) is 5.54 Å². The number of hydrogen-bond donors (Lipinski definition) is 1. The van der Waals surface area contributed by atoms with Gasteiger partial charge in [0.2, 0.25) is 0 Å². The lowest BCUT2D eigenvalue weighted by Crippen LogP contribution is -2.52. The van der Waals surface area contributed by atoms with Crippen molar-refractivity contribution in [2.75, 3.05) is 11.4 Å². The van der Waals surface area contributed by atoms with E-state index < -0.39 is 0 Å². The quantitative estimate of drug-likeness (QED) is 0.892. The highest BCUT2D eigenvalue weighted by Gasteiger charge is 2.41. The summed E-state index contributed by atoms with van der Waals surface area (Å²) in [4.78, 5) is 6.76. The number of nitrogens with zero attached hydrogens (tertiary/aromatic N) is 2. The third-order valence-electron chi connectivity index (χ3n) is 3.75. The minimum absolute atomic E-state index is 0.0708. The van der Waals surface area contributed by atoms with Crippen LogP contribution in [-0.4, -0.2) is 18.0 Å². The molecule has 0 aromatic heterocycles. The summed E-state index contributed by atoms with van der Waals surface area (Å²) < 4.78 is 1.09. The Morgan fingerprint density at radius 3 is 2.32 bits per heavy atom. The van der Waals surface area contributed by atoms with E-state index in [9.17, 15) is 0 Å². The lowest BCUT2D eigenvalue weighted by molar-refractivity contribution is 0.384. The number of hydrogen-bond acceptors (Lipinski definition) is 3. The average Bonchev–Trinajstić information content (AvgIpc) is 2.69. The first-order valence-electron chi connectivity index (χ1n) is 6.98. The fourth-order valence-corrected chi connectivity index (χ4v) is 3.31. The van der Waals surface area contributed by atoms with Crippen molar-refractivity contribution in [1.82, 2.24) is 0 Å². The van der Waals surface area contributed by atoms with E-state index in [1.807, 2.05) is 0 Å². The first kappa shape index (κ1) is 14.4. The molecule has 104 valence electrons. The molecule has 2 N–H and O–H groups in total. The zero-order chi connectivity index (χ0) is 13.9. The van der Waals surface area contributed by atoms with Gasteiger partial charge in [-0.05, 0) is 37.1 Å². The van der Waals surface area contributed by atoms with Crippen molar-refractivity contribution in [2.24, 2.45) is 10.7 Å². The van der Waals surface area contributed by atoms with Crippen molar-refractivity contribution in [2.45, 2.75) is 45.1 Å². The van der Waals surface area contributed by atoms with Gasteiger partial charge in [0.1, 0.15) is 0 Å². The molecule has 4 heteroatoms. The highest BCUT2D eigenvalue weighted by Crippen LogP contribution is 2.36. The second-order valence-electron chi connectivity index (χ2n) is 5.21. The molecule has 1 aromatic rings. The SMILES string of the molecule is CCCC1(CCC)CN=C(N)N1c1ccc(Br)cc1. The highest BCUT2D eigenvalue weighted by molar-refractivity contribution is 9.10. The number of rotatable bonds is 5. The van der Waals surface area contributed by atoms with Gasteiger partial charge in [-0.3, -0.25) is 4.99 Å². The Morgan fingerprint density at radius 1 is 1.21 bits per heavy atom. The van der Waals surface area contributed by atoms with Crippen LogP contribution in [0.15, 0.2) is 33.7 Å². The third kappa shape index (κ3) is 2.78. The van der Waals surface area contributed by atoms with Gasteiger partial charge in [0.05, 0.1) is 12.1 Å². The van der Waals surface area contributed by atoms with Crippen LogP contribution in [-0.2, 0) is 0 Å². The molecule has 0 unspecified atom stereocenters. The lowest BCUT2D eigenvalue weighted by Gasteiger charge is -2.39. The van der Waals surface area contributed by atoms with E-state index in [2.05, 4.69) is 63.9 Å². The molecule has 3 nitrogen and oxygen atoms in total. The van der Waals surface area contributed by atoms with Gasteiger partial charge in [0.25, 0.3) is 0 Å². The zero-order valence-electron chi connectivity index (χ0n) is 11.7. The van der Waals surface area contributed by atoms with Crippen molar-refractivity contribution in [3.8, 4) is 0 Å². The second-order valence-corrected chi connectivity index (χ2v) is 6.13. The molecule has 0 aliphatic carbocycles. The maximum absolute atomic E-state index is 6.15. The summed E-state index contributed by atoms with van der Waals surface area (Å²) in [5.74, 6) is 0.657. The van der Waals surface area contributed by atoms with E-state index in [0.717, 1.165) is 42.4 Å². The molecule has 1 aliphatic rings. The number of halogens is 1. The Hall–Kier alpha value is -1.03. The maximum Gasteiger partial charge on any atom is 0.196 e. The molecule has 0 saturated carbocycles. The second kappa shape index (κ2) is 5.95.